The molecule has 5 rings (SSSR count). The van der Waals surface area contributed by atoms with Crippen LogP contribution in [0.5, 0.6) is 0 Å². The first kappa shape index (κ1) is 24.0. The molecule has 0 aliphatic carbocycles. The SMILES string of the molecule is O=C(CCc1ccccc1)Nc1ccc2nc(SCC(=O)c3ccc(-c4ccccc4)cc3)sc2c1. The number of nitrogens with zero attached hydrogens (tertiary/aromatic N) is 1. The standard InChI is InChI=1S/C30H24N2O2S2/c33-27(24-14-12-23(13-15-24)22-9-5-2-6-10-22)20-35-30-32-26-17-16-25(19-28(26)36-30)31-29(34)18-11-21-7-3-1-4-8-21/h1-10,12-17,19H,11,18,20H2,(H,31,34). The van der Waals surface area contributed by atoms with Crippen molar-refractivity contribution in [2.75, 3.05) is 11.1 Å². The molecule has 0 unspecified atom stereocenters. The third-order valence-electron chi connectivity index (χ3n) is 5.78. The number of ketones is 1. The summed E-state index contributed by atoms with van der Waals surface area (Å²) in [5, 5.41) is 2.98. The van der Waals surface area contributed by atoms with Crippen molar-refractivity contribution in [1.82, 2.24) is 4.98 Å². The van der Waals surface area contributed by atoms with E-state index in [1.165, 1.54) is 23.1 Å². The van der Waals surface area contributed by atoms with Gasteiger partial charge in [-0.3, -0.25) is 9.59 Å². The Bertz CT molecular complexity index is 1480. The van der Waals surface area contributed by atoms with E-state index < -0.39 is 0 Å². The molecule has 1 amide bonds. The van der Waals surface area contributed by atoms with Gasteiger partial charge in [0.1, 0.15) is 0 Å². The summed E-state index contributed by atoms with van der Waals surface area (Å²) in [6.07, 6.45) is 1.14. The van der Waals surface area contributed by atoms with E-state index >= 15 is 0 Å². The minimum absolute atomic E-state index is 0.0128. The normalized spacial score (nSPS) is 10.9. The number of carbonyl (C=O) groups is 2. The maximum atomic E-state index is 12.7. The van der Waals surface area contributed by atoms with Crippen molar-refractivity contribution >= 4 is 50.7 Å². The highest BCUT2D eigenvalue weighted by molar-refractivity contribution is 8.01. The minimum Gasteiger partial charge on any atom is -0.326 e. The van der Waals surface area contributed by atoms with Gasteiger partial charge in [-0.25, -0.2) is 4.98 Å². The average molecular weight is 509 g/mol. The van der Waals surface area contributed by atoms with Gasteiger partial charge in [-0.05, 0) is 41.3 Å². The number of aromatic nitrogens is 1. The molecule has 0 radical (unpaired) electrons. The Morgan fingerprint density at radius 2 is 1.50 bits per heavy atom. The van der Waals surface area contributed by atoms with Crippen molar-refractivity contribution < 1.29 is 9.59 Å². The zero-order valence-electron chi connectivity index (χ0n) is 19.5. The Hall–Kier alpha value is -3.74. The number of thioether (sulfide) groups is 1. The molecule has 0 aliphatic heterocycles. The van der Waals surface area contributed by atoms with E-state index in [-0.39, 0.29) is 11.7 Å². The molecule has 36 heavy (non-hydrogen) atoms. The number of fused-ring (bicyclic) bond motifs is 1. The van der Waals surface area contributed by atoms with Gasteiger partial charge in [0, 0.05) is 17.7 Å². The van der Waals surface area contributed by atoms with Crippen molar-refractivity contribution in [2.45, 2.75) is 17.2 Å². The van der Waals surface area contributed by atoms with Gasteiger partial charge in [0.2, 0.25) is 5.91 Å². The van der Waals surface area contributed by atoms with E-state index in [4.69, 9.17) is 0 Å². The van der Waals surface area contributed by atoms with E-state index in [2.05, 4.69) is 22.4 Å². The Kier molecular flexibility index (Phi) is 7.55. The number of nitrogens with one attached hydrogen (secondary N) is 1. The summed E-state index contributed by atoms with van der Waals surface area (Å²) in [7, 11) is 0. The van der Waals surface area contributed by atoms with Crippen LogP contribution in [-0.2, 0) is 11.2 Å². The van der Waals surface area contributed by atoms with Crippen LogP contribution < -0.4 is 5.32 Å². The van der Waals surface area contributed by atoms with E-state index in [0.29, 0.717) is 24.2 Å². The smallest absolute Gasteiger partial charge is 0.224 e. The van der Waals surface area contributed by atoms with Gasteiger partial charge in [0.05, 0.1) is 16.0 Å². The fraction of sp³-hybridized carbons (Fsp3) is 0.100. The largest absolute Gasteiger partial charge is 0.326 e. The fourth-order valence-corrected chi connectivity index (χ4v) is 5.86. The van der Waals surface area contributed by atoms with Crippen LogP contribution in [0.15, 0.2) is 107 Å². The first-order valence-corrected chi connectivity index (χ1v) is 13.5. The summed E-state index contributed by atoms with van der Waals surface area (Å²) in [6, 6.07) is 33.6. The molecule has 0 saturated heterocycles. The number of Topliss-reactive ketones (excluding diaryl/α,β-unsaturated/α-hetero) is 1. The second kappa shape index (κ2) is 11.3. The second-order valence-corrected chi connectivity index (χ2v) is 10.6. The van der Waals surface area contributed by atoms with Crippen LogP contribution in [0.25, 0.3) is 21.3 Å². The predicted octanol–water partition coefficient (Wildman–Crippen LogP) is 7.51. The van der Waals surface area contributed by atoms with E-state index in [1.54, 1.807) is 0 Å². The van der Waals surface area contributed by atoms with E-state index in [0.717, 1.165) is 36.9 Å². The predicted molar refractivity (Wildman–Crippen MR) is 150 cm³/mol. The number of carbonyl (C=O) groups excluding carboxylic acids is 2. The van der Waals surface area contributed by atoms with Crippen molar-refractivity contribution in [2.24, 2.45) is 0 Å². The summed E-state index contributed by atoms with van der Waals surface area (Å²) < 4.78 is 1.82. The summed E-state index contributed by atoms with van der Waals surface area (Å²) in [5.41, 5.74) is 5.69. The highest BCUT2D eigenvalue weighted by Crippen LogP contribution is 2.32. The topological polar surface area (TPSA) is 59.1 Å². The number of aryl methyl sites for hydroxylation is 1. The lowest BCUT2D eigenvalue weighted by molar-refractivity contribution is -0.116. The lowest BCUT2D eigenvalue weighted by Crippen LogP contribution is -2.12. The zero-order chi connectivity index (χ0) is 24.7. The molecule has 4 aromatic carbocycles. The number of benzene rings is 4. The third kappa shape index (κ3) is 6.08. The Morgan fingerprint density at radius 3 is 2.25 bits per heavy atom. The molecule has 0 aliphatic rings. The summed E-state index contributed by atoms with van der Waals surface area (Å²) in [5.74, 6) is 0.388. The van der Waals surface area contributed by atoms with Crippen LogP contribution in [0.3, 0.4) is 0 Å². The van der Waals surface area contributed by atoms with Crippen LogP contribution >= 0.6 is 23.1 Å². The number of hydrogen-bond donors (Lipinski definition) is 1. The third-order valence-corrected chi connectivity index (χ3v) is 7.94. The number of thiazole rings is 1. The molecular weight excluding hydrogens is 484 g/mol. The van der Waals surface area contributed by atoms with Gasteiger partial charge in [-0.2, -0.15) is 0 Å². The molecule has 0 bridgehead atoms. The number of anilines is 1. The van der Waals surface area contributed by atoms with Gasteiger partial charge in [-0.15, -0.1) is 11.3 Å². The highest BCUT2D eigenvalue weighted by Gasteiger charge is 2.11. The van der Waals surface area contributed by atoms with Crippen LogP contribution in [-0.4, -0.2) is 22.4 Å². The quantitative estimate of drug-likeness (QED) is 0.165. The van der Waals surface area contributed by atoms with Crippen molar-refractivity contribution in [1.29, 1.82) is 0 Å². The van der Waals surface area contributed by atoms with Gasteiger partial charge < -0.3 is 5.32 Å². The molecule has 4 nitrogen and oxygen atoms in total. The lowest BCUT2D eigenvalue weighted by atomic mass is 10.0. The summed E-state index contributed by atoms with van der Waals surface area (Å²) in [6.45, 7) is 0. The van der Waals surface area contributed by atoms with Crippen LogP contribution in [0.1, 0.15) is 22.3 Å². The zero-order valence-corrected chi connectivity index (χ0v) is 21.1. The molecule has 0 saturated carbocycles. The monoisotopic (exact) mass is 508 g/mol. The molecular formula is C30H24N2O2S2. The second-order valence-electron chi connectivity index (χ2n) is 8.35. The van der Waals surface area contributed by atoms with Crippen molar-refractivity contribution in [3.63, 3.8) is 0 Å². The molecule has 6 heteroatoms. The molecule has 1 N–H and O–H groups in total. The molecule has 1 aromatic heterocycles. The van der Waals surface area contributed by atoms with Crippen molar-refractivity contribution in [3.05, 3.63) is 114 Å². The first-order valence-electron chi connectivity index (χ1n) is 11.7. The summed E-state index contributed by atoms with van der Waals surface area (Å²) in [4.78, 5) is 29.7. The van der Waals surface area contributed by atoms with E-state index in [1.807, 2.05) is 91.0 Å². The minimum atomic E-state index is -0.0128. The fourth-order valence-electron chi connectivity index (χ4n) is 3.86. The van der Waals surface area contributed by atoms with Gasteiger partial charge in [0.15, 0.2) is 10.1 Å². The summed E-state index contributed by atoms with van der Waals surface area (Å²) >= 11 is 2.98. The maximum Gasteiger partial charge on any atom is 0.224 e. The Balaban J connectivity index is 1.17. The molecule has 0 spiro atoms. The van der Waals surface area contributed by atoms with Crippen molar-refractivity contribution in [3.8, 4) is 11.1 Å². The van der Waals surface area contributed by atoms with Crippen LogP contribution in [0, 0.1) is 0 Å². The van der Waals surface area contributed by atoms with Gasteiger partial charge in [-0.1, -0.05) is 96.7 Å². The lowest BCUT2D eigenvalue weighted by Gasteiger charge is -2.05. The number of amides is 1. The molecule has 0 fully saturated rings. The van der Waals surface area contributed by atoms with E-state index in [9.17, 15) is 9.59 Å². The first-order chi connectivity index (χ1) is 17.6. The molecule has 5 aromatic rings. The number of rotatable bonds is 9. The highest BCUT2D eigenvalue weighted by atomic mass is 32.2. The average Bonchev–Trinajstić information content (AvgIpc) is 3.34. The van der Waals surface area contributed by atoms with Crippen LogP contribution in [0.2, 0.25) is 0 Å². The number of hydrogen-bond acceptors (Lipinski definition) is 5. The van der Waals surface area contributed by atoms with Gasteiger partial charge >= 0.3 is 0 Å². The van der Waals surface area contributed by atoms with Gasteiger partial charge in [0.25, 0.3) is 0 Å². The molecule has 0 atom stereocenters. The Morgan fingerprint density at radius 1 is 0.806 bits per heavy atom. The molecule has 178 valence electrons. The maximum absolute atomic E-state index is 12.7. The Labute approximate surface area is 218 Å². The van der Waals surface area contributed by atoms with Crippen LogP contribution in [0.4, 0.5) is 5.69 Å². The molecule has 1 heterocycles.